The van der Waals surface area contributed by atoms with Crippen molar-refractivity contribution in [2.75, 3.05) is 7.11 Å². The molecule has 1 N–H and O–H groups in total. The summed E-state index contributed by atoms with van der Waals surface area (Å²) >= 11 is 0. The van der Waals surface area contributed by atoms with E-state index in [1.807, 2.05) is 38.1 Å². The van der Waals surface area contributed by atoms with Crippen molar-refractivity contribution < 1.29 is 9.84 Å². The number of ether oxygens (including phenoxy) is 1. The molecule has 1 rings (SSSR count). The van der Waals surface area contributed by atoms with Gasteiger partial charge in [-0.3, -0.25) is 0 Å². The highest BCUT2D eigenvalue weighted by atomic mass is 16.5. The first kappa shape index (κ1) is 10.1. The van der Waals surface area contributed by atoms with Gasteiger partial charge in [0.1, 0.15) is 5.75 Å². The van der Waals surface area contributed by atoms with Crippen molar-refractivity contribution >= 4 is 0 Å². The maximum atomic E-state index is 9.96. The highest BCUT2D eigenvalue weighted by Gasteiger charge is 2.20. The Kier molecular flexibility index (Phi) is 2.94. The highest BCUT2D eigenvalue weighted by molar-refractivity contribution is 5.31. The standard InChI is InChI=1S/C11H16O2/c1-4-11(2,12)9-6-5-7-10(8-9)13-3/h5-8,12H,4H2,1-3H3/t11-/m1/s1. The molecule has 0 aliphatic rings. The zero-order valence-corrected chi connectivity index (χ0v) is 8.37. The molecule has 0 saturated carbocycles. The molecule has 0 aliphatic heterocycles. The van der Waals surface area contributed by atoms with Crippen molar-refractivity contribution in [2.45, 2.75) is 25.9 Å². The molecule has 0 saturated heterocycles. The minimum Gasteiger partial charge on any atom is -0.497 e. The van der Waals surface area contributed by atoms with Crippen LogP contribution in [-0.2, 0) is 5.60 Å². The molecule has 2 nitrogen and oxygen atoms in total. The van der Waals surface area contributed by atoms with Crippen LogP contribution in [0, 0.1) is 0 Å². The molecule has 0 radical (unpaired) electrons. The van der Waals surface area contributed by atoms with E-state index < -0.39 is 5.60 Å². The quantitative estimate of drug-likeness (QED) is 0.773. The lowest BCUT2D eigenvalue weighted by molar-refractivity contribution is 0.0528. The van der Waals surface area contributed by atoms with Gasteiger partial charge in [-0.1, -0.05) is 19.1 Å². The molecule has 1 atom stereocenters. The molecule has 0 fully saturated rings. The fourth-order valence-electron chi connectivity index (χ4n) is 1.16. The SMILES string of the molecule is CC[C@@](C)(O)c1cccc(OC)c1. The molecule has 1 aromatic rings. The first-order valence-electron chi connectivity index (χ1n) is 4.47. The van der Waals surface area contributed by atoms with Crippen LogP contribution in [0.3, 0.4) is 0 Å². The number of methoxy groups -OCH3 is 1. The molecule has 0 aromatic heterocycles. The van der Waals surface area contributed by atoms with Gasteiger partial charge in [-0.15, -0.1) is 0 Å². The summed E-state index contributed by atoms with van der Waals surface area (Å²) in [6.45, 7) is 3.77. The molecule has 0 amide bonds. The summed E-state index contributed by atoms with van der Waals surface area (Å²) in [7, 11) is 1.62. The summed E-state index contributed by atoms with van der Waals surface area (Å²) in [6.07, 6.45) is 0.695. The minimum atomic E-state index is -0.755. The summed E-state index contributed by atoms with van der Waals surface area (Å²) in [5, 5.41) is 9.96. The van der Waals surface area contributed by atoms with Crippen LogP contribution in [-0.4, -0.2) is 12.2 Å². The molecule has 1 aromatic carbocycles. The van der Waals surface area contributed by atoms with Crippen LogP contribution in [0.15, 0.2) is 24.3 Å². The van der Waals surface area contributed by atoms with Crippen LogP contribution in [0.4, 0.5) is 0 Å². The summed E-state index contributed by atoms with van der Waals surface area (Å²) in [5.74, 6) is 0.784. The third-order valence-electron chi connectivity index (χ3n) is 2.38. The second-order valence-electron chi connectivity index (χ2n) is 3.36. The third-order valence-corrected chi connectivity index (χ3v) is 2.38. The lowest BCUT2D eigenvalue weighted by atomic mass is 9.93. The topological polar surface area (TPSA) is 29.5 Å². The fourth-order valence-corrected chi connectivity index (χ4v) is 1.16. The Bertz CT molecular complexity index is 279. The van der Waals surface area contributed by atoms with Crippen molar-refractivity contribution in [3.8, 4) is 5.75 Å². The Morgan fingerprint density at radius 1 is 1.46 bits per heavy atom. The van der Waals surface area contributed by atoms with Gasteiger partial charge in [0.15, 0.2) is 0 Å². The Hall–Kier alpha value is -1.02. The predicted octanol–water partition coefficient (Wildman–Crippen LogP) is 2.31. The van der Waals surface area contributed by atoms with Crippen LogP contribution >= 0.6 is 0 Å². The van der Waals surface area contributed by atoms with Gasteiger partial charge in [-0.05, 0) is 31.0 Å². The van der Waals surface area contributed by atoms with Gasteiger partial charge in [0.25, 0.3) is 0 Å². The van der Waals surface area contributed by atoms with Crippen LogP contribution < -0.4 is 4.74 Å². The van der Waals surface area contributed by atoms with Gasteiger partial charge >= 0.3 is 0 Å². The van der Waals surface area contributed by atoms with E-state index in [0.29, 0.717) is 6.42 Å². The van der Waals surface area contributed by atoms with Crippen molar-refractivity contribution in [3.05, 3.63) is 29.8 Å². The van der Waals surface area contributed by atoms with Gasteiger partial charge in [0.2, 0.25) is 0 Å². The number of hydrogen-bond donors (Lipinski definition) is 1. The van der Waals surface area contributed by atoms with Crippen LogP contribution in [0.5, 0.6) is 5.75 Å². The molecule has 13 heavy (non-hydrogen) atoms. The monoisotopic (exact) mass is 180 g/mol. The molecule has 0 bridgehead atoms. The average Bonchev–Trinajstić information content (AvgIpc) is 2.18. The van der Waals surface area contributed by atoms with Crippen LogP contribution in [0.2, 0.25) is 0 Å². The first-order chi connectivity index (χ1) is 6.10. The lowest BCUT2D eigenvalue weighted by Crippen LogP contribution is -2.19. The molecule has 0 unspecified atom stereocenters. The molecule has 72 valence electrons. The van der Waals surface area contributed by atoms with Crippen molar-refractivity contribution in [1.82, 2.24) is 0 Å². The van der Waals surface area contributed by atoms with E-state index in [4.69, 9.17) is 4.74 Å². The smallest absolute Gasteiger partial charge is 0.119 e. The Morgan fingerprint density at radius 2 is 2.15 bits per heavy atom. The third kappa shape index (κ3) is 2.22. The molecule has 0 spiro atoms. The van der Waals surface area contributed by atoms with Gasteiger partial charge in [-0.25, -0.2) is 0 Å². The van der Waals surface area contributed by atoms with E-state index in [-0.39, 0.29) is 0 Å². The van der Waals surface area contributed by atoms with E-state index in [1.54, 1.807) is 7.11 Å². The average molecular weight is 180 g/mol. The lowest BCUT2D eigenvalue weighted by Gasteiger charge is -2.22. The zero-order valence-electron chi connectivity index (χ0n) is 8.37. The Balaban J connectivity index is 3.01. The molecule has 0 aliphatic carbocycles. The summed E-state index contributed by atoms with van der Waals surface area (Å²) in [5.41, 5.74) is 0.142. The second-order valence-corrected chi connectivity index (χ2v) is 3.36. The van der Waals surface area contributed by atoms with Crippen molar-refractivity contribution in [1.29, 1.82) is 0 Å². The maximum Gasteiger partial charge on any atom is 0.119 e. The minimum absolute atomic E-state index is 0.695. The molecule has 0 heterocycles. The number of aliphatic hydroxyl groups is 1. The number of rotatable bonds is 3. The summed E-state index contributed by atoms with van der Waals surface area (Å²) in [4.78, 5) is 0. The van der Waals surface area contributed by atoms with E-state index >= 15 is 0 Å². The second kappa shape index (κ2) is 3.79. The number of hydrogen-bond acceptors (Lipinski definition) is 2. The molecule has 2 heteroatoms. The van der Waals surface area contributed by atoms with Gasteiger partial charge in [0.05, 0.1) is 12.7 Å². The predicted molar refractivity (Wildman–Crippen MR) is 52.9 cm³/mol. The van der Waals surface area contributed by atoms with Gasteiger partial charge in [0, 0.05) is 0 Å². The van der Waals surface area contributed by atoms with Crippen molar-refractivity contribution in [2.24, 2.45) is 0 Å². The fraction of sp³-hybridized carbons (Fsp3) is 0.455. The maximum absolute atomic E-state index is 9.96. The highest BCUT2D eigenvalue weighted by Crippen LogP contribution is 2.26. The normalized spacial score (nSPS) is 15.1. The zero-order chi connectivity index (χ0) is 9.90. The first-order valence-corrected chi connectivity index (χ1v) is 4.47. The summed E-state index contributed by atoms with van der Waals surface area (Å²) < 4.78 is 5.08. The van der Waals surface area contributed by atoms with E-state index in [0.717, 1.165) is 11.3 Å². The van der Waals surface area contributed by atoms with Crippen LogP contribution in [0.1, 0.15) is 25.8 Å². The number of benzene rings is 1. The van der Waals surface area contributed by atoms with E-state index in [1.165, 1.54) is 0 Å². The van der Waals surface area contributed by atoms with E-state index in [9.17, 15) is 5.11 Å². The summed E-state index contributed by atoms with van der Waals surface area (Å²) in [6, 6.07) is 7.53. The molecular weight excluding hydrogens is 164 g/mol. The Labute approximate surface area is 79.2 Å². The van der Waals surface area contributed by atoms with Gasteiger partial charge < -0.3 is 9.84 Å². The van der Waals surface area contributed by atoms with Crippen molar-refractivity contribution in [3.63, 3.8) is 0 Å². The Morgan fingerprint density at radius 3 is 2.69 bits per heavy atom. The largest absolute Gasteiger partial charge is 0.497 e. The van der Waals surface area contributed by atoms with Crippen LogP contribution in [0.25, 0.3) is 0 Å². The van der Waals surface area contributed by atoms with E-state index in [2.05, 4.69) is 0 Å². The molecular formula is C11H16O2. The van der Waals surface area contributed by atoms with Gasteiger partial charge in [-0.2, -0.15) is 0 Å².